The van der Waals surface area contributed by atoms with Crippen molar-refractivity contribution in [1.29, 1.82) is 0 Å². The number of thioether (sulfide) groups is 1. The average molecular weight is 429 g/mol. The summed E-state index contributed by atoms with van der Waals surface area (Å²) in [6, 6.07) is 0.197. The second kappa shape index (κ2) is 7.37. The average Bonchev–Trinajstić information content (AvgIpc) is 2.69. The van der Waals surface area contributed by atoms with E-state index >= 15 is 0 Å². The van der Waals surface area contributed by atoms with Gasteiger partial charge >= 0.3 is 0 Å². The monoisotopic (exact) mass is 428 g/mol. The first-order chi connectivity index (χ1) is 14.6. The van der Waals surface area contributed by atoms with Crippen LogP contribution in [0.4, 0.5) is 5.95 Å². The lowest BCUT2D eigenvalue weighted by Gasteiger charge is -2.58. The van der Waals surface area contributed by atoms with Crippen LogP contribution in [0, 0.1) is 17.8 Å². The van der Waals surface area contributed by atoms with Crippen LogP contribution in [0.15, 0.2) is 6.20 Å². The molecule has 30 heavy (non-hydrogen) atoms. The predicted molar refractivity (Wildman–Crippen MR) is 118 cm³/mol. The van der Waals surface area contributed by atoms with Gasteiger partial charge in [0, 0.05) is 42.8 Å². The van der Waals surface area contributed by atoms with Gasteiger partial charge in [-0.1, -0.05) is 6.42 Å². The van der Waals surface area contributed by atoms with Crippen molar-refractivity contribution in [2.75, 3.05) is 29.5 Å². The van der Waals surface area contributed by atoms with Crippen LogP contribution in [-0.4, -0.2) is 57.2 Å². The largest absolute Gasteiger partial charge is 0.390 e. The van der Waals surface area contributed by atoms with E-state index in [0.717, 1.165) is 81.2 Å². The molecule has 2 N–H and O–H groups in total. The predicted octanol–water partition coefficient (Wildman–Crippen LogP) is 2.97. The number of hydrogen-bond donors (Lipinski definition) is 2. The fourth-order valence-corrected chi connectivity index (χ4v) is 7.82. The SMILES string of the molecule is O=C(N[C@H]1C2CC3CC1C[C@@](O)(C3)C2)c1cnc(N2CCSCC2)nc1C1CCC1. The molecule has 1 amide bonds. The smallest absolute Gasteiger partial charge is 0.254 e. The maximum atomic E-state index is 13.4. The van der Waals surface area contributed by atoms with Crippen molar-refractivity contribution in [2.24, 2.45) is 17.8 Å². The van der Waals surface area contributed by atoms with Crippen LogP contribution in [0.2, 0.25) is 0 Å². The van der Waals surface area contributed by atoms with E-state index in [0.29, 0.717) is 29.2 Å². The fourth-order valence-electron chi connectivity index (χ4n) is 6.91. The van der Waals surface area contributed by atoms with E-state index in [1.807, 2.05) is 11.8 Å². The first-order valence-electron chi connectivity index (χ1n) is 11.8. The summed E-state index contributed by atoms with van der Waals surface area (Å²) in [5, 5.41) is 14.2. The molecule has 1 saturated heterocycles. The molecule has 5 saturated carbocycles. The zero-order chi connectivity index (χ0) is 20.3. The molecule has 7 heteroatoms. The minimum atomic E-state index is -0.466. The number of aromatic nitrogens is 2. The first-order valence-corrected chi connectivity index (χ1v) is 13.0. The molecule has 4 bridgehead atoms. The first kappa shape index (κ1) is 19.4. The van der Waals surface area contributed by atoms with E-state index in [4.69, 9.17) is 4.98 Å². The summed E-state index contributed by atoms with van der Waals surface area (Å²) in [5.41, 5.74) is 1.18. The number of nitrogens with zero attached hydrogens (tertiary/aromatic N) is 3. The van der Waals surface area contributed by atoms with Crippen LogP contribution in [0.25, 0.3) is 0 Å². The van der Waals surface area contributed by atoms with Crippen LogP contribution in [0.3, 0.4) is 0 Å². The molecule has 2 unspecified atom stereocenters. The third kappa shape index (κ3) is 3.32. The Bertz CT molecular complexity index is 822. The summed E-state index contributed by atoms with van der Waals surface area (Å²) in [7, 11) is 0. The van der Waals surface area contributed by atoms with Crippen LogP contribution in [-0.2, 0) is 0 Å². The number of nitrogens with one attached hydrogen (secondary N) is 1. The summed E-state index contributed by atoms with van der Waals surface area (Å²) in [6.45, 7) is 1.96. The number of anilines is 1. The lowest BCUT2D eigenvalue weighted by Crippen LogP contribution is -2.61. The molecule has 6 nitrogen and oxygen atoms in total. The Balaban J connectivity index is 1.24. The highest BCUT2D eigenvalue weighted by Crippen LogP contribution is 2.55. The van der Waals surface area contributed by atoms with E-state index < -0.39 is 5.60 Å². The minimum absolute atomic E-state index is 0.00196. The van der Waals surface area contributed by atoms with Gasteiger partial charge in [0.2, 0.25) is 5.95 Å². The van der Waals surface area contributed by atoms with Gasteiger partial charge in [-0.25, -0.2) is 9.97 Å². The maximum Gasteiger partial charge on any atom is 0.254 e. The number of amides is 1. The van der Waals surface area contributed by atoms with Gasteiger partial charge in [-0.2, -0.15) is 11.8 Å². The van der Waals surface area contributed by atoms with Gasteiger partial charge < -0.3 is 15.3 Å². The van der Waals surface area contributed by atoms with Crippen molar-refractivity contribution in [3.63, 3.8) is 0 Å². The molecule has 5 aliphatic carbocycles. The second-order valence-electron chi connectivity index (χ2n) is 10.4. The normalized spacial score (nSPS) is 37.8. The van der Waals surface area contributed by atoms with Crippen molar-refractivity contribution in [1.82, 2.24) is 15.3 Å². The lowest BCUT2D eigenvalue weighted by molar-refractivity contribution is -0.136. The zero-order valence-corrected chi connectivity index (χ0v) is 18.4. The molecule has 1 aliphatic heterocycles. The number of aliphatic hydroxyl groups is 1. The van der Waals surface area contributed by atoms with E-state index in [2.05, 4.69) is 15.2 Å². The molecule has 7 rings (SSSR count). The summed E-state index contributed by atoms with van der Waals surface area (Å²) >= 11 is 1.98. The molecule has 0 radical (unpaired) electrons. The summed E-state index contributed by atoms with van der Waals surface area (Å²) in [6.07, 6.45) is 10.2. The molecule has 0 aromatic carbocycles. The van der Waals surface area contributed by atoms with Gasteiger partial charge in [-0.05, 0) is 62.7 Å². The molecule has 0 spiro atoms. The number of hydrogen-bond acceptors (Lipinski definition) is 6. The molecule has 6 aliphatic rings. The number of rotatable bonds is 4. The van der Waals surface area contributed by atoms with Gasteiger partial charge in [0.25, 0.3) is 5.91 Å². The highest BCUT2D eigenvalue weighted by atomic mass is 32.2. The maximum absolute atomic E-state index is 13.4. The van der Waals surface area contributed by atoms with Crippen molar-refractivity contribution in [3.05, 3.63) is 17.5 Å². The number of carbonyl (C=O) groups excluding carboxylic acids is 1. The molecule has 1 aromatic rings. The molecule has 162 valence electrons. The second-order valence-corrected chi connectivity index (χ2v) is 11.6. The summed E-state index contributed by atoms with van der Waals surface area (Å²) in [4.78, 5) is 25.2. The third-order valence-electron chi connectivity index (χ3n) is 8.37. The standard InChI is InChI=1S/C23H32N4O2S/c28-21(25-19-16-8-14-9-17(19)12-23(29,10-14)11-16)18-13-24-22(27-4-6-30-7-5-27)26-20(18)15-2-1-3-15/h13-17,19,29H,1-12H2,(H,25,28)/t14?,16?,17?,19-,23+. The Morgan fingerprint density at radius 3 is 2.53 bits per heavy atom. The Morgan fingerprint density at radius 2 is 1.90 bits per heavy atom. The van der Waals surface area contributed by atoms with Crippen molar-refractivity contribution < 1.29 is 9.90 Å². The minimum Gasteiger partial charge on any atom is -0.390 e. The van der Waals surface area contributed by atoms with Crippen LogP contribution < -0.4 is 10.2 Å². The van der Waals surface area contributed by atoms with Crippen LogP contribution in [0.1, 0.15) is 73.3 Å². The highest BCUT2D eigenvalue weighted by Gasteiger charge is 2.55. The van der Waals surface area contributed by atoms with Gasteiger partial charge in [0.1, 0.15) is 0 Å². The summed E-state index contributed by atoms with van der Waals surface area (Å²) in [5.74, 6) is 4.91. The van der Waals surface area contributed by atoms with Crippen molar-refractivity contribution >= 4 is 23.6 Å². The van der Waals surface area contributed by atoms with Gasteiger partial charge in [-0.15, -0.1) is 0 Å². The molecule has 1 aromatic heterocycles. The van der Waals surface area contributed by atoms with E-state index in [9.17, 15) is 9.90 Å². The van der Waals surface area contributed by atoms with E-state index in [-0.39, 0.29) is 11.9 Å². The van der Waals surface area contributed by atoms with Crippen LogP contribution in [0.5, 0.6) is 0 Å². The Kier molecular flexibility index (Phi) is 4.75. The topological polar surface area (TPSA) is 78.3 Å². The Hall–Kier alpha value is -1.34. The number of carbonyl (C=O) groups is 1. The summed E-state index contributed by atoms with van der Waals surface area (Å²) < 4.78 is 0. The van der Waals surface area contributed by atoms with Gasteiger partial charge in [0.05, 0.1) is 16.9 Å². The highest BCUT2D eigenvalue weighted by molar-refractivity contribution is 7.99. The molecular formula is C23H32N4O2S. The van der Waals surface area contributed by atoms with Gasteiger partial charge in [0.15, 0.2) is 0 Å². The fraction of sp³-hybridized carbons (Fsp3) is 0.783. The van der Waals surface area contributed by atoms with Crippen molar-refractivity contribution in [3.8, 4) is 0 Å². The van der Waals surface area contributed by atoms with Crippen LogP contribution >= 0.6 is 11.8 Å². The molecule has 2 heterocycles. The Labute approximate surface area is 182 Å². The third-order valence-corrected chi connectivity index (χ3v) is 9.32. The molecule has 2 atom stereocenters. The molecular weight excluding hydrogens is 396 g/mol. The lowest BCUT2D eigenvalue weighted by atomic mass is 9.52. The molecule has 6 fully saturated rings. The van der Waals surface area contributed by atoms with Crippen molar-refractivity contribution in [2.45, 2.75) is 68.9 Å². The Morgan fingerprint density at radius 1 is 1.17 bits per heavy atom. The van der Waals surface area contributed by atoms with Gasteiger partial charge in [-0.3, -0.25) is 4.79 Å². The zero-order valence-electron chi connectivity index (χ0n) is 17.6. The van der Waals surface area contributed by atoms with E-state index in [1.54, 1.807) is 6.20 Å². The quantitative estimate of drug-likeness (QED) is 0.768. The van der Waals surface area contributed by atoms with E-state index in [1.165, 1.54) is 6.42 Å².